The Labute approximate surface area is 117 Å². The molecule has 0 heterocycles. The molecule has 18 heavy (non-hydrogen) atoms. The van der Waals surface area contributed by atoms with E-state index in [0.29, 0.717) is 0 Å². The SMILES string of the molecule is CC(N)C1(c2ccc(OCC3CC3)c(Br)c2)CC1. The van der Waals surface area contributed by atoms with Crippen LogP contribution in [0.5, 0.6) is 5.75 Å². The van der Waals surface area contributed by atoms with Gasteiger partial charge in [0, 0.05) is 11.5 Å². The molecule has 2 aliphatic carbocycles. The van der Waals surface area contributed by atoms with E-state index in [2.05, 4.69) is 41.1 Å². The van der Waals surface area contributed by atoms with Crippen LogP contribution >= 0.6 is 15.9 Å². The highest BCUT2D eigenvalue weighted by Crippen LogP contribution is 2.51. The van der Waals surface area contributed by atoms with Crippen LogP contribution < -0.4 is 10.5 Å². The minimum absolute atomic E-state index is 0.220. The predicted molar refractivity (Wildman–Crippen MR) is 76.9 cm³/mol. The highest BCUT2D eigenvalue weighted by atomic mass is 79.9. The van der Waals surface area contributed by atoms with Crippen molar-refractivity contribution in [1.82, 2.24) is 0 Å². The first kappa shape index (κ1) is 12.5. The Balaban J connectivity index is 1.75. The third-order valence-electron chi connectivity index (χ3n) is 4.34. The molecule has 3 heteroatoms. The molecule has 2 aliphatic rings. The molecule has 2 saturated carbocycles. The van der Waals surface area contributed by atoms with Crippen molar-refractivity contribution in [3.8, 4) is 5.75 Å². The Morgan fingerprint density at radius 3 is 2.67 bits per heavy atom. The van der Waals surface area contributed by atoms with E-state index in [1.165, 1.54) is 31.2 Å². The van der Waals surface area contributed by atoms with Crippen LogP contribution in [-0.2, 0) is 5.41 Å². The third-order valence-corrected chi connectivity index (χ3v) is 4.96. The minimum atomic E-state index is 0.220. The van der Waals surface area contributed by atoms with Gasteiger partial charge in [0.25, 0.3) is 0 Å². The van der Waals surface area contributed by atoms with Crippen molar-refractivity contribution in [3.63, 3.8) is 0 Å². The molecule has 1 aromatic carbocycles. The minimum Gasteiger partial charge on any atom is -0.492 e. The Bertz CT molecular complexity index is 450. The van der Waals surface area contributed by atoms with E-state index in [0.717, 1.165) is 22.7 Å². The van der Waals surface area contributed by atoms with Gasteiger partial charge in [-0.3, -0.25) is 0 Å². The molecule has 1 atom stereocenters. The molecule has 0 aliphatic heterocycles. The molecule has 0 aromatic heterocycles. The summed E-state index contributed by atoms with van der Waals surface area (Å²) in [5.74, 6) is 1.75. The summed E-state index contributed by atoms with van der Waals surface area (Å²) in [6.45, 7) is 2.97. The van der Waals surface area contributed by atoms with Gasteiger partial charge in [0.15, 0.2) is 0 Å². The summed E-state index contributed by atoms with van der Waals surface area (Å²) < 4.78 is 6.89. The molecule has 2 N–H and O–H groups in total. The molecule has 3 rings (SSSR count). The number of ether oxygens (including phenoxy) is 1. The lowest BCUT2D eigenvalue weighted by atomic mass is 9.89. The van der Waals surface area contributed by atoms with E-state index < -0.39 is 0 Å². The van der Waals surface area contributed by atoms with Crippen molar-refractivity contribution in [3.05, 3.63) is 28.2 Å². The van der Waals surface area contributed by atoms with Crippen LogP contribution in [0.3, 0.4) is 0 Å². The lowest BCUT2D eigenvalue weighted by Gasteiger charge is -2.21. The Hall–Kier alpha value is -0.540. The molecule has 98 valence electrons. The fourth-order valence-corrected chi connectivity index (χ4v) is 3.05. The number of hydrogen-bond acceptors (Lipinski definition) is 2. The van der Waals surface area contributed by atoms with Crippen LogP contribution in [-0.4, -0.2) is 12.6 Å². The molecule has 1 aromatic rings. The van der Waals surface area contributed by atoms with E-state index in [4.69, 9.17) is 10.5 Å². The first-order chi connectivity index (χ1) is 8.62. The number of halogens is 1. The Kier molecular flexibility index (Phi) is 3.15. The van der Waals surface area contributed by atoms with Crippen LogP contribution in [0, 0.1) is 5.92 Å². The molecular weight excluding hydrogens is 290 g/mol. The van der Waals surface area contributed by atoms with Gasteiger partial charge in [0.1, 0.15) is 5.75 Å². The monoisotopic (exact) mass is 309 g/mol. The van der Waals surface area contributed by atoms with Gasteiger partial charge in [-0.15, -0.1) is 0 Å². The smallest absolute Gasteiger partial charge is 0.133 e. The second kappa shape index (κ2) is 4.53. The summed E-state index contributed by atoms with van der Waals surface area (Å²) in [5.41, 5.74) is 7.68. The quantitative estimate of drug-likeness (QED) is 0.901. The van der Waals surface area contributed by atoms with Gasteiger partial charge in [-0.1, -0.05) is 6.07 Å². The topological polar surface area (TPSA) is 35.2 Å². The van der Waals surface area contributed by atoms with E-state index in [9.17, 15) is 0 Å². The maximum atomic E-state index is 6.11. The van der Waals surface area contributed by atoms with E-state index >= 15 is 0 Å². The summed E-state index contributed by atoms with van der Waals surface area (Å²) in [6.07, 6.45) is 5.06. The molecule has 1 unspecified atom stereocenters. The molecule has 0 saturated heterocycles. The van der Waals surface area contributed by atoms with Gasteiger partial charge in [0.05, 0.1) is 11.1 Å². The van der Waals surface area contributed by atoms with Crippen molar-refractivity contribution in [1.29, 1.82) is 0 Å². The highest BCUT2D eigenvalue weighted by Gasteiger charge is 2.47. The summed E-state index contributed by atoms with van der Waals surface area (Å²) in [4.78, 5) is 0. The lowest BCUT2D eigenvalue weighted by Crippen LogP contribution is -2.31. The Morgan fingerprint density at radius 1 is 1.44 bits per heavy atom. The number of benzene rings is 1. The van der Waals surface area contributed by atoms with Crippen molar-refractivity contribution in [2.45, 2.75) is 44.1 Å². The summed E-state index contributed by atoms with van der Waals surface area (Å²) >= 11 is 3.62. The molecular formula is C15H20BrNO. The summed E-state index contributed by atoms with van der Waals surface area (Å²) in [6, 6.07) is 6.69. The zero-order chi connectivity index (χ0) is 12.8. The van der Waals surface area contributed by atoms with Gasteiger partial charge < -0.3 is 10.5 Å². The van der Waals surface area contributed by atoms with Gasteiger partial charge >= 0.3 is 0 Å². The number of rotatable bonds is 5. The van der Waals surface area contributed by atoms with Crippen molar-refractivity contribution < 1.29 is 4.74 Å². The van der Waals surface area contributed by atoms with Gasteiger partial charge in [-0.2, -0.15) is 0 Å². The van der Waals surface area contributed by atoms with Gasteiger partial charge in [-0.05, 0) is 72.2 Å². The zero-order valence-corrected chi connectivity index (χ0v) is 12.4. The molecule has 0 radical (unpaired) electrons. The Morgan fingerprint density at radius 2 is 2.17 bits per heavy atom. The second-order valence-electron chi connectivity index (χ2n) is 5.84. The predicted octanol–water partition coefficient (Wildman–Crippen LogP) is 3.62. The molecule has 0 spiro atoms. The molecule has 2 nitrogen and oxygen atoms in total. The van der Waals surface area contributed by atoms with Gasteiger partial charge in [0.2, 0.25) is 0 Å². The summed E-state index contributed by atoms with van der Waals surface area (Å²) in [5, 5.41) is 0. The highest BCUT2D eigenvalue weighted by molar-refractivity contribution is 9.10. The van der Waals surface area contributed by atoms with Crippen molar-refractivity contribution in [2.24, 2.45) is 11.7 Å². The fraction of sp³-hybridized carbons (Fsp3) is 0.600. The van der Waals surface area contributed by atoms with E-state index in [1.807, 2.05) is 0 Å². The molecule has 0 bridgehead atoms. The normalized spacial score (nSPS) is 22.6. The fourth-order valence-electron chi connectivity index (χ4n) is 2.56. The largest absolute Gasteiger partial charge is 0.492 e. The zero-order valence-electron chi connectivity index (χ0n) is 10.8. The second-order valence-corrected chi connectivity index (χ2v) is 6.70. The van der Waals surface area contributed by atoms with Crippen LogP contribution in [0.1, 0.15) is 38.2 Å². The average Bonchev–Trinajstić information content (AvgIpc) is 3.21. The third kappa shape index (κ3) is 2.30. The lowest BCUT2D eigenvalue weighted by molar-refractivity contribution is 0.298. The van der Waals surface area contributed by atoms with Crippen molar-refractivity contribution in [2.75, 3.05) is 6.61 Å². The molecule has 2 fully saturated rings. The van der Waals surface area contributed by atoms with Crippen molar-refractivity contribution >= 4 is 15.9 Å². The maximum Gasteiger partial charge on any atom is 0.133 e. The standard InChI is InChI=1S/C15H20BrNO/c1-10(17)15(6-7-15)12-4-5-14(13(16)8-12)18-9-11-2-3-11/h4-5,8,10-11H,2-3,6-7,9,17H2,1H3. The summed E-state index contributed by atoms with van der Waals surface area (Å²) in [7, 11) is 0. The van der Waals surface area contributed by atoms with Crippen LogP contribution in [0.15, 0.2) is 22.7 Å². The first-order valence-corrected chi connectivity index (χ1v) is 7.59. The van der Waals surface area contributed by atoms with E-state index in [1.54, 1.807) is 0 Å². The van der Waals surface area contributed by atoms with E-state index in [-0.39, 0.29) is 11.5 Å². The van der Waals surface area contributed by atoms with Crippen LogP contribution in [0.25, 0.3) is 0 Å². The first-order valence-electron chi connectivity index (χ1n) is 6.80. The van der Waals surface area contributed by atoms with Crippen LogP contribution in [0.2, 0.25) is 0 Å². The average molecular weight is 310 g/mol. The van der Waals surface area contributed by atoms with Gasteiger partial charge in [-0.25, -0.2) is 0 Å². The van der Waals surface area contributed by atoms with Crippen LogP contribution in [0.4, 0.5) is 0 Å². The maximum absolute atomic E-state index is 6.11. The number of hydrogen-bond donors (Lipinski definition) is 1. The molecule has 0 amide bonds. The number of nitrogens with two attached hydrogens (primary N) is 1.